The van der Waals surface area contributed by atoms with Crippen molar-refractivity contribution in [3.63, 3.8) is 0 Å². The van der Waals surface area contributed by atoms with Gasteiger partial charge in [0, 0.05) is 19.1 Å². The smallest absolute Gasteiger partial charge is 0.129 e. The lowest BCUT2D eigenvalue weighted by molar-refractivity contribution is 0.673. The fraction of sp³-hybridized carbons (Fsp3) is 0.500. The topological polar surface area (TPSA) is 28.2 Å². The van der Waals surface area contributed by atoms with Gasteiger partial charge in [-0.2, -0.15) is 0 Å². The molecule has 3 heteroatoms. The van der Waals surface area contributed by atoms with Crippen LogP contribution in [0, 0.1) is 12.3 Å². The third-order valence-corrected chi connectivity index (χ3v) is 2.93. The maximum Gasteiger partial charge on any atom is 0.129 e. The van der Waals surface area contributed by atoms with Gasteiger partial charge < -0.3 is 10.2 Å². The van der Waals surface area contributed by atoms with E-state index in [0.29, 0.717) is 12.6 Å². The molecule has 0 amide bonds. The summed E-state index contributed by atoms with van der Waals surface area (Å²) in [5.74, 6) is 3.64. The molecule has 0 unspecified atom stereocenters. The molecule has 1 aliphatic carbocycles. The van der Waals surface area contributed by atoms with Crippen molar-refractivity contribution in [2.24, 2.45) is 0 Å². The summed E-state index contributed by atoms with van der Waals surface area (Å²) in [6.45, 7) is 4.44. The SMILES string of the molecule is C#CCN(CC)c1cccc(CNC2CC2)n1. The van der Waals surface area contributed by atoms with Crippen molar-refractivity contribution in [1.29, 1.82) is 0 Å². The molecule has 1 heterocycles. The van der Waals surface area contributed by atoms with Crippen molar-refractivity contribution in [2.75, 3.05) is 18.0 Å². The number of anilines is 1. The first-order chi connectivity index (χ1) is 8.33. The molecular formula is C14H19N3. The van der Waals surface area contributed by atoms with E-state index >= 15 is 0 Å². The molecule has 0 aliphatic heterocycles. The van der Waals surface area contributed by atoms with Crippen LogP contribution >= 0.6 is 0 Å². The minimum absolute atomic E-state index is 0.614. The Morgan fingerprint density at radius 2 is 2.35 bits per heavy atom. The van der Waals surface area contributed by atoms with E-state index in [-0.39, 0.29) is 0 Å². The molecule has 1 N–H and O–H groups in total. The second kappa shape index (κ2) is 5.70. The standard InChI is InChI=1S/C14H19N3/c1-3-10-17(4-2)14-7-5-6-13(16-14)11-15-12-8-9-12/h1,5-7,12,15H,4,8-11H2,2H3. The number of terminal acetylenes is 1. The van der Waals surface area contributed by atoms with Crippen molar-refractivity contribution >= 4 is 5.82 Å². The molecule has 0 saturated heterocycles. The van der Waals surface area contributed by atoms with E-state index in [4.69, 9.17) is 6.42 Å². The Morgan fingerprint density at radius 1 is 1.53 bits per heavy atom. The zero-order valence-corrected chi connectivity index (χ0v) is 10.3. The molecule has 1 fully saturated rings. The number of aromatic nitrogens is 1. The van der Waals surface area contributed by atoms with E-state index in [2.05, 4.69) is 34.1 Å². The first kappa shape index (κ1) is 11.9. The number of hydrogen-bond acceptors (Lipinski definition) is 3. The van der Waals surface area contributed by atoms with Gasteiger partial charge in [0.25, 0.3) is 0 Å². The van der Waals surface area contributed by atoms with E-state index in [1.54, 1.807) is 0 Å². The predicted molar refractivity (Wildman–Crippen MR) is 70.8 cm³/mol. The third-order valence-electron chi connectivity index (χ3n) is 2.93. The Balaban J connectivity index is 2.01. The Kier molecular flexibility index (Phi) is 4.00. The van der Waals surface area contributed by atoms with Gasteiger partial charge in [-0.15, -0.1) is 6.42 Å². The zero-order chi connectivity index (χ0) is 12.1. The summed E-state index contributed by atoms with van der Waals surface area (Å²) in [7, 11) is 0. The van der Waals surface area contributed by atoms with Crippen LogP contribution in [0.3, 0.4) is 0 Å². The van der Waals surface area contributed by atoms with Crippen LogP contribution in [-0.2, 0) is 6.54 Å². The molecule has 1 aromatic rings. The van der Waals surface area contributed by atoms with Crippen LogP contribution in [0.2, 0.25) is 0 Å². The normalized spacial score (nSPS) is 14.4. The molecule has 1 saturated carbocycles. The summed E-state index contributed by atoms with van der Waals surface area (Å²) in [5, 5.41) is 3.47. The number of nitrogens with one attached hydrogen (secondary N) is 1. The summed E-state index contributed by atoms with van der Waals surface area (Å²) < 4.78 is 0. The minimum atomic E-state index is 0.614. The third kappa shape index (κ3) is 3.47. The number of nitrogens with zero attached hydrogens (tertiary/aromatic N) is 2. The second-order valence-electron chi connectivity index (χ2n) is 4.36. The van der Waals surface area contributed by atoms with Gasteiger partial charge in [0.15, 0.2) is 0 Å². The number of pyridine rings is 1. The van der Waals surface area contributed by atoms with Gasteiger partial charge in [-0.3, -0.25) is 0 Å². The van der Waals surface area contributed by atoms with E-state index < -0.39 is 0 Å². The molecule has 2 rings (SSSR count). The van der Waals surface area contributed by atoms with Crippen LogP contribution < -0.4 is 10.2 Å². The Labute approximate surface area is 103 Å². The van der Waals surface area contributed by atoms with E-state index in [1.165, 1.54) is 12.8 Å². The second-order valence-corrected chi connectivity index (χ2v) is 4.36. The molecule has 0 atom stereocenters. The molecule has 17 heavy (non-hydrogen) atoms. The maximum absolute atomic E-state index is 5.36. The Bertz CT molecular complexity index is 404. The monoisotopic (exact) mass is 229 g/mol. The highest BCUT2D eigenvalue weighted by Crippen LogP contribution is 2.19. The molecule has 0 bridgehead atoms. The first-order valence-corrected chi connectivity index (χ1v) is 6.21. The zero-order valence-electron chi connectivity index (χ0n) is 10.3. The first-order valence-electron chi connectivity index (χ1n) is 6.21. The summed E-state index contributed by atoms with van der Waals surface area (Å²) in [4.78, 5) is 6.73. The molecule has 0 radical (unpaired) electrons. The molecule has 90 valence electrons. The van der Waals surface area contributed by atoms with E-state index in [1.807, 2.05) is 12.1 Å². The fourth-order valence-electron chi connectivity index (χ4n) is 1.74. The summed E-state index contributed by atoms with van der Waals surface area (Å²) >= 11 is 0. The van der Waals surface area contributed by atoms with Gasteiger partial charge in [0.2, 0.25) is 0 Å². The molecular weight excluding hydrogens is 210 g/mol. The van der Waals surface area contributed by atoms with Crippen molar-refractivity contribution in [3.8, 4) is 12.3 Å². The van der Waals surface area contributed by atoms with Crippen molar-refractivity contribution in [3.05, 3.63) is 23.9 Å². The van der Waals surface area contributed by atoms with Gasteiger partial charge in [-0.1, -0.05) is 12.0 Å². The summed E-state index contributed by atoms with van der Waals surface area (Å²) in [6.07, 6.45) is 7.96. The average molecular weight is 229 g/mol. The Morgan fingerprint density at radius 3 is 3.00 bits per heavy atom. The Hall–Kier alpha value is -1.53. The van der Waals surface area contributed by atoms with Crippen molar-refractivity contribution < 1.29 is 0 Å². The van der Waals surface area contributed by atoms with E-state index in [9.17, 15) is 0 Å². The van der Waals surface area contributed by atoms with Gasteiger partial charge in [-0.25, -0.2) is 4.98 Å². The van der Waals surface area contributed by atoms with Crippen LogP contribution in [0.4, 0.5) is 5.82 Å². The predicted octanol–water partition coefficient (Wildman–Crippen LogP) is 1.79. The maximum atomic E-state index is 5.36. The minimum Gasteiger partial charge on any atom is -0.346 e. The van der Waals surface area contributed by atoms with Crippen molar-refractivity contribution in [2.45, 2.75) is 32.4 Å². The number of rotatable bonds is 6. The van der Waals surface area contributed by atoms with Gasteiger partial charge in [0.05, 0.1) is 12.2 Å². The number of hydrogen-bond donors (Lipinski definition) is 1. The van der Waals surface area contributed by atoms with Crippen LogP contribution in [-0.4, -0.2) is 24.1 Å². The van der Waals surface area contributed by atoms with Crippen LogP contribution in [0.5, 0.6) is 0 Å². The fourth-order valence-corrected chi connectivity index (χ4v) is 1.74. The largest absolute Gasteiger partial charge is 0.346 e. The van der Waals surface area contributed by atoms with Gasteiger partial charge in [-0.05, 0) is 31.9 Å². The van der Waals surface area contributed by atoms with Crippen LogP contribution in [0.25, 0.3) is 0 Å². The highest BCUT2D eigenvalue weighted by Gasteiger charge is 2.20. The lowest BCUT2D eigenvalue weighted by Gasteiger charge is -2.19. The van der Waals surface area contributed by atoms with Crippen LogP contribution in [0.15, 0.2) is 18.2 Å². The average Bonchev–Trinajstić information content (AvgIpc) is 3.18. The molecule has 0 aromatic carbocycles. The lowest BCUT2D eigenvalue weighted by atomic mass is 10.3. The summed E-state index contributed by atoms with van der Waals surface area (Å²) in [5.41, 5.74) is 1.09. The molecule has 1 aliphatic rings. The molecule has 0 spiro atoms. The quantitative estimate of drug-likeness (QED) is 0.754. The molecule has 1 aromatic heterocycles. The molecule has 3 nitrogen and oxygen atoms in total. The summed E-state index contributed by atoms with van der Waals surface area (Å²) in [6, 6.07) is 6.84. The van der Waals surface area contributed by atoms with Gasteiger partial charge in [0.1, 0.15) is 5.82 Å². The van der Waals surface area contributed by atoms with Crippen molar-refractivity contribution in [1.82, 2.24) is 10.3 Å². The van der Waals surface area contributed by atoms with E-state index in [0.717, 1.165) is 24.6 Å². The highest BCUT2D eigenvalue weighted by atomic mass is 15.2. The highest BCUT2D eigenvalue weighted by molar-refractivity contribution is 5.40. The lowest BCUT2D eigenvalue weighted by Crippen LogP contribution is -2.24. The van der Waals surface area contributed by atoms with Gasteiger partial charge >= 0.3 is 0 Å². The van der Waals surface area contributed by atoms with Crippen LogP contribution in [0.1, 0.15) is 25.5 Å².